The van der Waals surface area contributed by atoms with Crippen LogP contribution in [0, 0.1) is 5.92 Å². The number of likely N-dealkylation sites (tertiary alicyclic amines) is 1. The van der Waals surface area contributed by atoms with Crippen LogP contribution in [0.1, 0.15) is 35.7 Å². The van der Waals surface area contributed by atoms with Crippen LogP contribution < -0.4 is 4.74 Å². The van der Waals surface area contributed by atoms with E-state index in [1.807, 2.05) is 41.3 Å². The predicted molar refractivity (Wildman–Crippen MR) is 114 cm³/mol. The molecule has 1 heterocycles. The highest BCUT2D eigenvalue weighted by molar-refractivity contribution is 5.94. The molecule has 1 amide bonds. The first-order chi connectivity index (χ1) is 13.7. The Bertz CT molecular complexity index is 747. The van der Waals surface area contributed by atoms with Crippen LogP contribution in [0.2, 0.25) is 0 Å². The van der Waals surface area contributed by atoms with Gasteiger partial charge in [-0.15, -0.1) is 0 Å². The largest absolute Gasteiger partial charge is 0.497 e. The van der Waals surface area contributed by atoms with E-state index >= 15 is 0 Å². The topological polar surface area (TPSA) is 32.8 Å². The summed E-state index contributed by atoms with van der Waals surface area (Å²) < 4.78 is 5.33. The first-order valence-corrected chi connectivity index (χ1v) is 10.4. The molecular formula is C24H32N2O2. The molecule has 2 aromatic carbocycles. The number of hydrogen-bond donors (Lipinski definition) is 0. The van der Waals surface area contributed by atoms with Crippen LogP contribution in [0.25, 0.3) is 0 Å². The highest BCUT2D eigenvalue weighted by Gasteiger charge is 2.24. The van der Waals surface area contributed by atoms with Crippen LogP contribution in [0.5, 0.6) is 5.75 Å². The van der Waals surface area contributed by atoms with Gasteiger partial charge in [-0.3, -0.25) is 4.79 Å². The second kappa shape index (κ2) is 10.3. The SMILES string of the molecule is CCN(CC1CCCN(CCc2cccc(OC)c2)C1)C(=O)c1ccccc1. The summed E-state index contributed by atoms with van der Waals surface area (Å²) in [4.78, 5) is 17.4. The van der Waals surface area contributed by atoms with E-state index in [1.54, 1.807) is 7.11 Å². The maximum absolute atomic E-state index is 12.8. The van der Waals surface area contributed by atoms with Crippen molar-refractivity contribution in [1.29, 1.82) is 0 Å². The van der Waals surface area contributed by atoms with Gasteiger partial charge in [0.05, 0.1) is 7.11 Å². The van der Waals surface area contributed by atoms with E-state index in [4.69, 9.17) is 4.74 Å². The van der Waals surface area contributed by atoms with Crippen LogP contribution in [0.15, 0.2) is 54.6 Å². The normalized spacial score (nSPS) is 17.3. The third-order valence-electron chi connectivity index (χ3n) is 5.62. The van der Waals surface area contributed by atoms with Gasteiger partial charge in [-0.25, -0.2) is 0 Å². The van der Waals surface area contributed by atoms with Gasteiger partial charge in [-0.2, -0.15) is 0 Å². The Morgan fingerprint density at radius 1 is 1.18 bits per heavy atom. The second-order valence-electron chi connectivity index (χ2n) is 7.62. The van der Waals surface area contributed by atoms with Gasteiger partial charge < -0.3 is 14.5 Å². The fourth-order valence-corrected chi connectivity index (χ4v) is 4.05. The maximum Gasteiger partial charge on any atom is 0.253 e. The fourth-order valence-electron chi connectivity index (χ4n) is 4.05. The summed E-state index contributed by atoms with van der Waals surface area (Å²) in [5.41, 5.74) is 2.10. The molecule has 0 radical (unpaired) electrons. The van der Waals surface area contributed by atoms with Gasteiger partial charge in [0.1, 0.15) is 5.75 Å². The first kappa shape index (κ1) is 20.4. The number of carbonyl (C=O) groups excluding carboxylic acids is 1. The Morgan fingerprint density at radius 3 is 2.75 bits per heavy atom. The molecular weight excluding hydrogens is 348 g/mol. The van der Waals surface area contributed by atoms with Gasteiger partial charge in [0.2, 0.25) is 0 Å². The van der Waals surface area contributed by atoms with Crippen molar-refractivity contribution in [2.75, 3.05) is 39.8 Å². The van der Waals surface area contributed by atoms with E-state index in [0.29, 0.717) is 5.92 Å². The summed E-state index contributed by atoms with van der Waals surface area (Å²) in [5.74, 6) is 1.62. The lowest BCUT2D eigenvalue weighted by Crippen LogP contribution is -2.43. The Morgan fingerprint density at radius 2 is 2.00 bits per heavy atom. The monoisotopic (exact) mass is 380 g/mol. The third-order valence-corrected chi connectivity index (χ3v) is 5.62. The smallest absolute Gasteiger partial charge is 0.253 e. The van der Waals surface area contributed by atoms with E-state index in [9.17, 15) is 4.79 Å². The summed E-state index contributed by atoms with van der Waals surface area (Å²) in [6.45, 7) is 6.96. The van der Waals surface area contributed by atoms with Crippen molar-refractivity contribution in [2.24, 2.45) is 5.92 Å². The Balaban J connectivity index is 1.52. The summed E-state index contributed by atoms with van der Waals surface area (Å²) in [5, 5.41) is 0. The van der Waals surface area contributed by atoms with Crippen molar-refractivity contribution in [1.82, 2.24) is 9.80 Å². The average Bonchev–Trinajstić information content (AvgIpc) is 2.76. The van der Waals surface area contributed by atoms with E-state index < -0.39 is 0 Å². The number of methoxy groups -OCH3 is 1. The number of benzene rings is 2. The Kier molecular flexibility index (Phi) is 7.49. The molecule has 0 bridgehead atoms. The molecule has 1 saturated heterocycles. The summed E-state index contributed by atoms with van der Waals surface area (Å²) in [6, 6.07) is 18.0. The quantitative estimate of drug-likeness (QED) is 0.691. The maximum atomic E-state index is 12.8. The molecule has 4 heteroatoms. The van der Waals surface area contributed by atoms with Gasteiger partial charge in [-0.05, 0) is 68.5 Å². The molecule has 0 aromatic heterocycles. The van der Waals surface area contributed by atoms with Crippen LogP contribution in [0.3, 0.4) is 0 Å². The summed E-state index contributed by atoms with van der Waals surface area (Å²) in [7, 11) is 1.71. The first-order valence-electron chi connectivity index (χ1n) is 10.4. The van der Waals surface area contributed by atoms with Gasteiger partial charge in [0, 0.05) is 31.7 Å². The minimum atomic E-state index is 0.150. The Hall–Kier alpha value is -2.33. The van der Waals surface area contributed by atoms with Gasteiger partial charge in [0.15, 0.2) is 0 Å². The highest BCUT2D eigenvalue weighted by Crippen LogP contribution is 2.20. The van der Waals surface area contributed by atoms with Crippen molar-refractivity contribution in [3.63, 3.8) is 0 Å². The van der Waals surface area contributed by atoms with Crippen LogP contribution in [-0.2, 0) is 6.42 Å². The summed E-state index contributed by atoms with van der Waals surface area (Å²) in [6.07, 6.45) is 3.44. The number of hydrogen-bond acceptors (Lipinski definition) is 3. The summed E-state index contributed by atoms with van der Waals surface area (Å²) >= 11 is 0. The lowest BCUT2D eigenvalue weighted by Gasteiger charge is -2.35. The Labute approximate surface area is 169 Å². The number of rotatable bonds is 8. The van der Waals surface area contributed by atoms with Crippen molar-refractivity contribution >= 4 is 5.91 Å². The molecule has 2 aromatic rings. The number of nitrogens with zero attached hydrogens (tertiary/aromatic N) is 2. The molecule has 1 atom stereocenters. The molecule has 1 fully saturated rings. The van der Waals surface area contributed by atoms with E-state index in [-0.39, 0.29) is 5.91 Å². The van der Waals surface area contributed by atoms with Crippen LogP contribution in [-0.4, -0.2) is 55.5 Å². The van der Waals surface area contributed by atoms with Gasteiger partial charge in [-0.1, -0.05) is 30.3 Å². The fraction of sp³-hybridized carbons (Fsp3) is 0.458. The number of carbonyl (C=O) groups is 1. The predicted octanol–water partition coefficient (Wildman–Crippen LogP) is 4.11. The van der Waals surface area contributed by atoms with Crippen molar-refractivity contribution in [2.45, 2.75) is 26.2 Å². The number of amides is 1. The third kappa shape index (κ3) is 5.59. The zero-order valence-corrected chi connectivity index (χ0v) is 17.1. The van der Waals surface area contributed by atoms with Gasteiger partial charge in [0.25, 0.3) is 5.91 Å². The molecule has 1 aliphatic heterocycles. The molecule has 28 heavy (non-hydrogen) atoms. The molecule has 150 valence electrons. The van der Waals surface area contributed by atoms with Crippen molar-refractivity contribution < 1.29 is 9.53 Å². The van der Waals surface area contributed by atoms with Crippen LogP contribution in [0.4, 0.5) is 0 Å². The van der Waals surface area contributed by atoms with E-state index in [0.717, 1.165) is 50.5 Å². The molecule has 0 N–H and O–H groups in total. The van der Waals surface area contributed by atoms with Crippen molar-refractivity contribution in [3.8, 4) is 5.75 Å². The highest BCUT2D eigenvalue weighted by atomic mass is 16.5. The molecule has 1 aliphatic rings. The minimum absolute atomic E-state index is 0.150. The molecule has 0 spiro atoms. The number of ether oxygens (including phenoxy) is 1. The molecule has 1 unspecified atom stereocenters. The van der Waals surface area contributed by atoms with Crippen LogP contribution >= 0.6 is 0 Å². The van der Waals surface area contributed by atoms with E-state index in [2.05, 4.69) is 30.0 Å². The minimum Gasteiger partial charge on any atom is -0.497 e. The average molecular weight is 381 g/mol. The van der Waals surface area contributed by atoms with Gasteiger partial charge >= 0.3 is 0 Å². The van der Waals surface area contributed by atoms with Crippen molar-refractivity contribution in [3.05, 3.63) is 65.7 Å². The molecule has 3 rings (SSSR count). The molecule has 4 nitrogen and oxygen atoms in total. The zero-order valence-electron chi connectivity index (χ0n) is 17.1. The van der Waals surface area contributed by atoms with E-state index in [1.165, 1.54) is 18.4 Å². The zero-order chi connectivity index (χ0) is 19.8. The lowest BCUT2D eigenvalue weighted by molar-refractivity contribution is 0.0690. The second-order valence-corrected chi connectivity index (χ2v) is 7.62. The number of piperidine rings is 1. The standard InChI is InChI=1S/C24H32N2O2/c1-3-26(24(27)22-11-5-4-6-12-22)19-21-10-8-15-25(18-21)16-14-20-9-7-13-23(17-20)28-2/h4-7,9,11-13,17,21H,3,8,10,14-16,18-19H2,1-2H3. The molecule has 0 aliphatic carbocycles. The lowest BCUT2D eigenvalue weighted by atomic mass is 9.96. The molecule has 0 saturated carbocycles.